The van der Waals surface area contributed by atoms with E-state index >= 15 is 0 Å². The van der Waals surface area contributed by atoms with E-state index in [4.69, 9.17) is 4.42 Å². The second kappa shape index (κ2) is 4.47. The molecular formula is C11H13BrO. The number of aryl methyl sites for hydroxylation is 1. The minimum absolute atomic E-state index is 0.935. The van der Waals surface area contributed by atoms with Gasteiger partial charge in [-0.1, -0.05) is 26.0 Å². The molecule has 0 fully saturated rings. The molecular weight excluding hydrogens is 228 g/mol. The first-order valence-corrected chi connectivity index (χ1v) is 5.21. The topological polar surface area (TPSA) is 13.1 Å². The third kappa shape index (κ3) is 2.13. The fourth-order valence-corrected chi connectivity index (χ4v) is 1.62. The maximum Gasteiger partial charge on any atom is 0.148 e. The molecule has 0 amide bonds. The lowest BCUT2D eigenvalue weighted by molar-refractivity contribution is 0.577. The number of benzene rings is 1. The van der Waals surface area contributed by atoms with Crippen LogP contribution in [-0.4, -0.2) is 0 Å². The monoisotopic (exact) mass is 240 g/mol. The van der Waals surface area contributed by atoms with Crippen LogP contribution in [0, 0.1) is 6.92 Å². The maximum absolute atomic E-state index is 5.45. The fraction of sp³-hybridized carbons (Fsp3) is 0.273. The largest absolute Gasteiger partial charge is 0.460 e. The second-order valence-electron chi connectivity index (χ2n) is 2.52. The standard InChI is InChI=1S/C9H7BrO.C2H6/c1-6-5-7-3-2-4-8(10)9(7)11-6;1-2/h2-5H,1H3;1-2H3. The first-order chi connectivity index (χ1) is 6.27. The van der Waals surface area contributed by atoms with Gasteiger partial charge in [0.2, 0.25) is 0 Å². The van der Waals surface area contributed by atoms with Gasteiger partial charge < -0.3 is 4.42 Å². The molecule has 0 radical (unpaired) electrons. The molecule has 13 heavy (non-hydrogen) atoms. The Kier molecular flexibility index (Phi) is 3.55. The average molecular weight is 241 g/mol. The van der Waals surface area contributed by atoms with Gasteiger partial charge in [0, 0.05) is 5.39 Å². The van der Waals surface area contributed by atoms with E-state index in [1.165, 1.54) is 0 Å². The number of hydrogen-bond acceptors (Lipinski definition) is 1. The zero-order valence-electron chi connectivity index (χ0n) is 8.10. The van der Waals surface area contributed by atoms with Crippen molar-refractivity contribution < 1.29 is 4.42 Å². The van der Waals surface area contributed by atoms with Crippen molar-refractivity contribution in [2.75, 3.05) is 0 Å². The summed E-state index contributed by atoms with van der Waals surface area (Å²) < 4.78 is 6.47. The van der Waals surface area contributed by atoms with E-state index in [1.807, 2.05) is 45.0 Å². The van der Waals surface area contributed by atoms with Gasteiger partial charge in [-0.15, -0.1) is 0 Å². The van der Waals surface area contributed by atoms with E-state index in [0.717, 1.165) is 21.2 Å². The Bertz CT molecular complexity index is 390. The molecule has 1 nitrogen and oxygen atoms in total. The van der Waals surface area contributed by atoms with Gasteiger partial charge in [0.1, 0.15) is 11.3 Å². The van der Waals surface area contributed by atoms with Crippen molar-refractivity contribution in [1.82, 2.24) is 0 Å². The molecule has 0 bridgehead atoms. The van der Waals surface area contributed by atoms with Crippen LogP contribution in [0.5, 0.6) is 0 Å². The summed E-state index contributed by atoms with van der Waals surface area (Å²) in [5.74, 6) is 0.951. The molecule has 0 aliphatic rings. The molecule has 2 aromatic rings. The van der Waals surface area contributed by atoms with Gasteiger partial charge in [0.25, 0.3) is 0 Å². The fourth-order valence-electron chi connectivity index (χ4n) is 1.16. The van der Waals surface area contributed by atoms with Crippen LogP contribution in [0.2, 0.25) is 0 Å². The molecule has 2 rings (SSSR count). The predicted octanol–water partition coefficient (Wildman–Crippen LogP) is 4.53. The normalized spacial score (nSPS) is 9.54. The van der Waals surface area contributed by atoms with Gasteiger partial charge >= 0.3 is 0 Å². The van der Waals surface area contributed by atoms with Crippen molar-refractivity contribution in [3.63, 3.8) is 0 Å². The van der Waals surface area contributed by atoms with E-state index in [2.05, 4.69) is 15.9 Å². The molecule has 0 aliphatic heterocycles. The first-order valence-electron chi connectivity index (χ1n) is 4.42. The quantitative estimate of drug-likeness (QED) is 0.660. The molecule has 1 heterocycles. The van der Waals surface area contributed by atoms with Crippen LogP contribution in [0.1, 0.15) is 19.6 Å². The minimum atomic E-state index is 0.935. The third-order valence-corrected chi connectivity index (χ3v) is 2.24. The van der Waals surface area contributed by atoms with Crippen molar-refractivity contribution in [2.24, 2.45) is 0 Å². The lowest BCUT2D eigenvalue weighted by Crippen LogP contribution is -1.63. The highest BCUT2D eigenvalue weighted by molar-refractivity contribution is 9.10. The molecule has 0 saturated heterocycles. The number of para-hydroxylation sites is 1. The zero-order chi connectivity index (χ0) is 9.84. The van der Waals surface area contributed by atoms with Gasteiger partial charge in [-0.3, -0.25) is 0 Å². The third-order valence-electron chi connectivity index (χ3n) is 1.62. The summed E-state index contributed by atoms with van der Waals surface area (Å²) >= 11 is 3.42. The van der Waals surface area contributed by atoms with E-state index in [0.29, 0.717) is 0 Å². The second-order valence-corrected chi connectivity index (χ2v) is 3.37. The molecule has 0 saturated carbocycles. The van der Waals surface area contributed by atoms with Gasteiger partial charge in [-0.05, 0) is 35.0 Å². The molecule has 0 spiro atoms. The Morgan fingerprint density at radius 3 is 2.54 bits per heavy atom. The maximum atomic E-state index is 5.45. The summed E-state index contributed by atoms with van der Waals surface area (Å²) in [5, 5.41) is 1.15. The highest BCUT2D eigenvalue weighted by atomic mass is 79.9. The minimum Gasteiger partial charge on any atom is -0.460 e. The molecule has 0 unspecified atom stereocenters. The van der Waals surface area contributed by atoms with Gasteiger partial charge in [-0.25, -0.2) is 0 Å². The highest BCUT2D eigenvalue weighted by Crippen LogP contribution is 2.26. The van der Waals surface area contributed by atoms with Crippen LogP contribution in [-0.2, 0) is 0 Å². The summed E-state index contributed by atoms with van der Waals surface area (Å²) in [6.07, 6.45) is 0. The Morgan fingerprint density at radius 1 is 1.23 bits per heavy atom. The number of halogens is 1. The number of furan rings is 1. The Morgan fingerprint density at radius 2 is 1.92 bits per heavy atom. The van der Waals surface area contributed by atoms with E-state index < -0.39 is 0 Å². The van der Waals surface area contributed by atoms with Crippen molar-refractivity contribution in [3.8, 4) is 0 Å². The SMILES string of the molecule is CC.Cc1cc2cccc(Br)c2o1. The smallest absolute Gasteiger partial charge is 0.148 e. The Labute approximate surface area is 86.9 Å². The molecule has 0 N–H and O–H groups in total. The molecule has 1 aromatic heterocycles. The van der Waals surface area contributed by atoms with Crippen LogP contribution >= 0.6 is 15.9 Å². The summed E-state index contributed by atoms with van der Waals surface area (Å²) in [5.41, 5.74) is 0.935. The molecule has 70 valence electrons. The average Bonchev–Trinajstić information content (AvgIpc) is 2.51. The Balaban J connectivity index is 0.000000396. The van der Waals surface area contributed by atoms with Gasteiger partial charge in [0.05, 0.1) is 4.47 Å². The molecule has 0 atom stereocenters. The molecule has 0 aliphatic carbocycles. The molecule has 1 aromatic carbocycles. The van der Waals surface area contributed by atoms with Crippen LogP contribution in [0.15, 0.2) is 33.2 Å². The van der Waals surface area contributed by atoms with Crippen molar-refractivity contribution >= 4 is 26.9 Å². The summed E-state index contributed by atoms with van der Waals surface area (Å²) in [7, 11) is 0. The summed E-state index contributed by atoms with van der Waals surface area (Å²) in [6.45, 7) is 5.95. The van der Waals surface area contributed by atoms with Gasteiger partial charge in [-0.2, -0.15) is 0 Å². The van der Waals surface area contributed by atoms with Crippen molar-refractivity contribution in [2.45, 2.75) is 20.8 Å². The number of hydrogen-bond donors (Lipinski definition) is 0. The van der Waals surface area contributed by atoms with E-state index in [9.17, 15) is 0 Å². The summed E-state index contributed by atoms with van der Waals surface area (Å²) in [6, 6.07) is 8.04. The lowest BCUT2D eigenvalue weighted by atomic mass is 10.2. The first kappa shape index (κ1) is 10.3. The zero-order valence-corrected chi connectivity index (χ0v) is 9.68. The highest BCUT2D eigenvalue weighted by Gasteiger charge is 2.01. The van der Waals surface area contributed by atoms with E-state index in [-0.39, 0.29) is 0 Å². The van der Waals surface area contributed by atoms with Crippen molar-refractivity contribution in [3.05, 3.63) is 34.5 Å². The van der Waals surface area contributed by atoms with Crippen LogP contribution in [0.25, 0.3) is 11.0 Å². The predicted molar refractivity (Wildman–Crippen MR) is 60.0 cm³/mol. The number of rotatable bonds is 0. The lowest BCUT2D eigenvalue weighted by Gasteiger charge is -1.89. The van der Waals surface area contributed by atoms with Crippen LogP contribution in [0.3, 0.4) is 0 Å². The molecule has 2 heteroatoms. The van der Waals surface area contributed by atoms with E-state index in [1.54, 1.807) is 0 Å². The van der Waals surface area contributed by atoms with Crippen LogP contribution in [0.4, 0.5) is 0 Å². The Hall–Kier alpha value is -0.760. The summed E-state index contributed by atoms with van der Waals surface area (Å²) in [4.78, 5) is 0. The van der Waals surface area contributed by atoms with Crippen LogP contribution < -0.4 is 0 Å². The van der Waals surface area contributed by atoms with Crippen molar-refractivity contribution in [1.29, 1.82) is 0 Å². The number of fused-ring (bicyclic) bond motifs is 1. The van der Waals surface area contributed by atoms with Gasteiger partial charge in [0.15, 0.2) is 0 Å².